The summed E-state index contributed by atoms with van der Waals surface area (Å²) in [4.78, 5) is 0. The number of fused-ring (bicyclic) bond motifs is 3. The predicted octanol–water partition coefficient (Wildman–Crippen LogP) is 2.79. The van der Waals surface area contributed by atoms with E-state index in [4.69, 9.17) is 10.5 Å². The van der Waals surface area contributed by atoms with E-state index in [2.05, 4.69) is 17.1 Å². The molecule has 0 radical (unpaired) electrons. The Hall–Kier alpha value is -0.970. The summed E-state index contributed by atoms with van der Waals surface area (Å²) in [6.45, 7) is 3.54. The molecule has 0 amide bonds. The molecule has 1 aliphatic heterocycles. The van der Waals surface area contributed by atoms with Crippen LogP contribution in [0.3, 0.4) is 0 Å². The van der Waals surface area contributed by atoms with E-state index in [9.17, 15) is 0 Å². The first-order chi connectivity index (χ1) is 8.31. The molecule has 1 aliphatic rings. The van der Waals surface area contributed by atoms with Gasteiger partial charge in [0.1, 0.15) is 5.75 Å². The SMILES string of the molecule is CC(CN)c1n[nH]c2ccc3c(c12)CCCO3.Cl.Cl. The van der Waals surface area contributed by atoms with Crippen LogP contribution < -0.4 is 10.5 Å². The van der Waals surface area contributed by atoms with Crippen LogP contribution in [0.2, 0.25) is 0 Å². The summed E-state index contributed by atoms with van der Waals surface area (Å²) in [6, 6.07) is 4.07. The van der Waals surface area contributed by atoms with Crippen molar-refractivity contribution in [2.45, 2.75) is 25.7 Å². The molecule has 2 aromatic rings. The van der Waals surface area contributed by atoms with Crippen molar-refractivity contribution >= 4 is 35.7 Å². The van der Waals surface area contributed by atoms with Gasteiger partial charge in [0, 0.05) is 23.4 Å². The van der Waals surface area contributed by atoms with E-state index in [-0.39, 0.29) is 30.7 Å². The highest BCUT2D eigenvalue weighted by atomic mass is 35.5. The number of benzene rings is 1. The largest absolute Gasteiger partial charge is 0.493 e. The van der Waals surface area contributed by atoms with E-state index >= 15 is 0 Å². The quantitative estimate of drug-likeness (QED) is 0.896. The predicted molar refractivity (Wildman–Crippen MR) is 81.9 cm³/mol. The molecule has 0 saturated carbocycles. The second-order valence-corrected chi connectivity index (χ2v) is 4.66. The summed E-state index contributed by atoms with van der Waals surface area (Å²) in [7, 11) is 0. The lowest BCUT2D eigenvalue weighted by Gasteiger charge is -2.18. The van der Waals surface area contributed by atoms with Gasteiger partial charge in [0.15, 0.2) is 0 Å². The molecule has 1 aromatic carbocycles. The third-order valence-corrected chi connectivity index (χ3v) is 3.47. The number of rotatable bonds is 2. The second kappa shape index (κ2) is 6.46. The summed E-state index contributed by atoms with van der Waals surface area (Å²) >= 11 is 0. The molecule has 0 bridgehead atoms. The van der Waals surface area contributed by atoms with Gasteiger partial charge in [0.05, 0.1) is 17.8 Å². The molecule has 4 nitrogen and oxygen atoms in total. The van der Waals surface area contributed by atoms with Gasteiger partial charge in [-0.05, 0) is 25.0 Å². The number of ether oxygens (including phenoxy) is 1. The van der Waals surface area contributed by atoms with Gasteiger partial charge in [-0.1, -0.05) is 6.92 Å². The van der Waals surface area contributed by atoms with Gasteiger partial charge in [0.2, 0.25) is 0 Å². The number of nitrogens with zero attached hydrogens (tertiary/aromatic N) is 1. The Balaban J connectivity index is 0.000000902. The summed E-state index contributed by atoms with van der Waals surface area (Å²) in [5.74, 6) is 1.28. The van der Waals surface area contributed by atoms with Crippen molar-refractivity contribution in [3.05, 3.63) is 23.4 Å². The monoisotopic (exact) mass is 303 g/mol. The van der Waals surface area contributed by atoms with Crippen molar-refractivity contribution in [1.82, 2.24) is 10.2 Å². The summed E-state index contributed by atoms with van der Waals surface area (Å²) < 4.78 is 5.70. The van der Waals surface area contributed by atoms with Crippen molar-refractivity contribution in [3.8, 4) is 5.75 Å². The third kappa shape index (κ3) is 2.66. The van der Waals surface area contributed by atoms with Crippen LogP contribution in [0.5, 0.6) is 5.75 Å². The average Bonchev–Trinajstić information content (AvgIpc) is 2.82. The highest BCUT2D eigenvalue weighted by molar-refractivity contribution is 5.87. The number of H-pyrrole nitrogens is 1. The maximum absolute atomic E-state index is 5.75. The van der Waals surface area contributed by atoms with Crippen molar-refractivity contribution in [1.29, 1.82) is 0 Å². The van der Waals surface area contributed by atoms with Crippen LogP contribution in [0.4, 0.5) is 0 Å². The van der Waals surface area contributed by atoms with Crippen molar-refractivity contribution < 1.29 is 4.74 Å². The first-order valence-electron chi connectivity index (χ1n) is 6.14. The highest BCUT2D eigenvalue weighted by Gasteiger charge is 2.20. The van der Waals surface area contributed by atoms with Crippen LogP contribution in [0.1, 0.15) is 30.5 Å². The zero-order valence-corrected chi connectivity index (χ0v) is 12.4. The molecule has 106 valence electrons. The number of aromatic amines is 1. The van der Waals surface area contributed by atoms with Crippen molar-refractivity contribution in [3.63, 3.8) is 0 Å². The van der Waals surface area contributed by atoms with Gasteiger partial charge in [-0.15, -0.1) is 24.8 Å². The molecule has 0 fully saturated rings. The van der Waals surface area contributed by atoms with Gasteiger partial charge in [-0.25, -0.2) is 0 Å². The van der Waals surface area contributed by atoms with Gasteiger partial charge in [-0.2, -0.15) is 5.10 Å². The van der Waals surface area contributed by atoms with Gasteiger partial charge in [0.25, 0.3) is 0 Å². The summed E-state index contributed by atoms with van der Waals surface area (Å²) in [5, 5.41) is 8.73. The molecule has 3 rings (SSSR count). The van der Waals surface area contributed by atoms with Crippen LogP contribution in [0.15, 0.2) is 12.1 Å². The molecule has 0 saturated heterocycles. The van der Waals surface area contributed by atoms with E-state index in [1.807, 2.05) is 12.1 Å². The molecular weight excluding hydrogens is 285 g/mol. The molecule has 19 heavy (non-hydrogen) atoms. The average molecular weight is 304 g/mol. The Morgan fingerprint density at radius 3 is 2.95 bits per heavy atom. The number of hydrogen-bond acceptors (Lipinski definition) is 3. The van der Waals surface area contributed by atoms with Crippen LogP contribution in [-0.4, -0.2) is 23.3 Å². The number of hydrogen-bond donors (Lipinski definition) is 2. The van der Waals surface area contributed by atoms with E-state index in [1.165, 1.54) is 10.9 Å². The first kappa shape index (κ1) is 16.1. The standard InChI is InChI=1S/C13H17N3O.2ClH/c1-8(7-14)13-12-9-3-2-6-17-11(9)5-4-10(12)15-16-13;;/h4-5,8H,2-3,6-7,14H2,1H3,(H,15,16);2*1H. The zero-order chi connectivity index (χ0) is 11.8. The molecule has 6 heteroatoms. The highest BCUT2D eigenvalue weighted by Crippen LogP contribution is 2.35. The fourth-order valence-corrected chi connectivity index (χ4v) is 2.47. The topological polar surface area (TPSA) is 63.9 Å². The lowest BCUT2D eigenvalue weighted by atomic mass is 9.96. The summed E-state index contributed by atoms with van der Waals surface area (Å²) in [5.41, 5.74) is 9.20. The van der Waals surface area contributed by atoms with Crippen LogP contribution in [0.25, 0.3) is 10.9 Å². The molecule has 0 aliphatic carbocycles. The Morgan fingerprint density at radius 1 is 1.42 bits per heavy atom. The number of nitrogens with one attached hydrogen (secondary N) is 1. The number of nitrogens with two attached hydrogens (primary N) is 1. The van der Waals surface area contributed by atoms with E-state index in [1.54, 1.807) is 0 Å². The third-order valence-electron chi connectivity index (χ3n) is 3.47. The molecule has 0 spiro atoms. The smallest absolute Gasteiger partial charge is 0.123 e. The first-order valence-corrected chi connectivity index (χ1v) is 6.14. The molecule has 2 heterocycles. The molecule has 3 N–H and O–H groups in total. The normalized spacial score (nSPS) is 14.8. The maximum atomic E-state index is 5.75. The van der Waals surface area contributed by atoms with Gasteiger partial charge in [-0.3, -0.25) is 5.10 Å². The van der Waals surface area contributed by atoms with Crippen LogP contribution in [-0.2, 0) is 6.42 Å². The van der Waals surface area contributed by atoms with E-state index < -0.39 is 0 Å². The molecule has 1 aromatic heterocycles. The van der Waals surface area contributed by atoms with Crippen LogP contribution >= 0.6 is 24.8 Å². The van der Waals surface area contributed by atoms with Crippen molar-refractivity contribution in [2.75, 3.05) is 13.2 Å². The maximum Gasteiger partial charge on any atom is 0.123 e. The Bertz CT molecular complexity index is 556. The number of aryl methyl sites for hydroxylation is 1. The van der Waals surface area contributed by atoms with Gasteiger partial charge < -0.3 is 10.5 Å². The Labute approximate surface area is 124 Å². The van der Waals surface area contributed by atoms with Crippen molar-refractivity contribution in [2.24, 2.45) is 5.73 Å². The second-order valence-electron chi connectivity index (χ2n) is 4.66. The van der Waals surface area contributed by atoms with Crippen LogP contribution in [0, 0.1) is 0 Å². The molecule has 1 atom stereocenters. The lowest BCUT2D eigenvalue weighted by Crippen LogP contribution is -2.12. The van der Waals surface area contributed by atoms with E-state index in [0.717, 1.165) is 36.4 Å². The minimum atomic E-state index is 0. The fourth-order valence-electron chi connectivity index (χ4n) is 2.47. The Morgan fingerprint density at radius 2 is 2.21 bits per heavy atom. The minimum Gasteiger partial charge on any atom is -0.493 e. The van der Waals surface area contributed by atoms with Gasteiger partial charge >= 0.3 is 0 Å². The Kier molecular flexibility index (Phi) is 5.47. The lowest BCUT2D eigenvalue weighted by molar-refractivity contribution is 0.289. The molecule has 1 unspecified atom stereocenters. The summed E-state index contributed by atoms with van der Waals surface area (Å²) in [6.07, 6.45) is 2.14. The zero-order valence-electron chi connectivity index (χ0n) is 10.8. The number of aromatic nitrogens is 2. The molecular formula is C13H19Cl2N3O. The fraction of sp³-hybridized carbons (Fsp3) is 0.462. The minimum absolute atomic E-state index is 0. The number of halogens is 2. The van der Waals surface area contributed by atoms with E-state index in [0.29, 0.717) is 6.54 Å².